The van der Waals surface area contributed by atoms with Crippen molar-refractivity contribution in [1.29, 1.82) is 0 Å². The van der Waals surface area contributed by atoms with Crippen LogP contribution in [-0.2, 0) is 16.0 Å². The third-order valence-corrected chi connectivity index (χ3v) is 6.01. The highest BCUT2D eigenvalue weighted by atomic mass is 35.5. The summed E-state index contributed by atoms with van der Waals surface area (Å²) in [5, 5.41) is 6.55. The molecule has 1 spiro atoms. The average molecular weight is 316 g/mol. The van der Waals surface area contributed by atoms with Gasteiger partial charge in [0.1, 0.15) is 0 Å². The molecule has 0 amide bonds. The summed E-state index contributed by atoms with van der Waals surface area (Å²) in [7, 11) is 0. The molecule has 0 radical (unpaired) electrons. The number of hydrogen-bond acceptors (Lipinski definition) is 4. The molecule has 1 N–H and O–H groups in total. The molecule has 2 fully saturated rings. The molecule has 0 aromatic carbocycles. The molecule has 112 valence electrons. The Bertz CT molecular complexity index is 445. The maximum absolute atomic E-state index is 5.98. The summed E-state index contributed by atoms with van der Waals surface area (Å²) in [4.78, 5) is 1.30. The molecule has 1 saturated carbocycles. The number of ether oxygens (including phenoxy) is 2. The quantitative estimate of drug-likeness (QED) is 0.902. The molecule has 1 aromatic heterocycles. The molecule has 3 rings (SSSR count). The van der Waals surface area contributed by atoms with Crippen molar-refractivity contribution in [2.75, 3.05) is 19.8 Å². The van der Waals surface area contributed by atoms with Gasteiger partial charge in [0.25, 0.3) is 0 Å². The van der Waals surface area contributed by atoms with Crippen LogP contribution in [0.2, 0.25) is 5.02 Å². The minimum atomic E-state index is 0.287. The molecular formula is C15H22ClNO2S. The zero-order chi connectivity index (χ0) is 14.0. The average Bonchev–Trinajstić information content (AvgIpc) is 2.88. The van der Waals surface area contributed by atoms with Crippen LogP contribution in [0.5, 0.6) is 0 Å². The van der Waals surface area contributed by atoms with Crippen LogP contribution in [0.15, 0.2) is 11.4 Å². The maximum Gasteiger partial charge on any atom is 0.0662 e. The second kappa shape index (κ2) is 6.32. The first-order chi connectivity index (χ1) is 9.74. The molecule has 2 heterocycles. The Hall–Kier alpha value is -0.130. The lowest BCUT2D eigenvalue weighted by molar-refractivity contribution is -0.173. The normalized spacial score (nSPS) is 28.5. The van der Waals surface area contributed by atoms with Crippen molar-refractivity contribution in [2.24, 2.45) is 5.41 Å². The van der Waals surface area contributed by atoms with Gasteiger partial charge in [-0.1, -0.05) is 11.6 Å². The zero-order valence-electron chi connectivity index (χ0n) is 11.9. The Balaban J connectivity index is 1.61. The summed E-state index contributed by atoms with van der Waals surface area (Å²) in [6.45, 7) is 5.53. The summed E-state index contributed by atoms with van der Waals surface area (Å²) >= 11 is 7.70. The van der Waals surface area contributed by atoms with Crippen LogP contribution in [0.25, 0.3) is 0 Å². The number of hydrogen-bond donors (Lipinski definition) is 1. The van der Waals surface area contributed by atoms with E-state index in [9.17, 15) is 0 Å². The third-order valence-electron chi connectivity index (χ3n) is 4.72. The fourth-order valence-electron chi connectivity index (χ4n) is 3.56. The first kappa shape index (κ1) is 14.8. The molecule has 3 nitrogen and oxygen atoms in total. The maximum atomic E-state index is 5.98. The van der Waals surface area contributed by atoms with Crippen molar-refractivity contribution in [3.05, 3.63) is 21.3 Å². The number of halogens is 1. The Morgan fingerprint density at radius 2 is 2.30 bits per heavy atom. The zero-order valence-corrected chi connectivity index (χ0v) is 13.4. The van der Waals surface area contributed by atoms with E-state index in [0.29, 0.717) is 12.1 Å². The molecule has 20 heavy (non-hydrogen) atoms. The second-order valence-corrected chi connectivity index (χ2v) is 7.12. The van der Waals surface area contributed by atoms with E-state index in [1.165, 1.54) is 4.88 Å². The summed E-state index contributed by atoms with van der Waals surface area (Å²) in [5.74, 6) is 0. The van der Waals surface area contributed by atoms with Gasteiger partial charge in [-0.05, 0) is 32.3 Å². The van der Waals surface area contributed by atoms with Gasteiger partial charge in [0.15, 0.2) is 0 Å². The Morgan fingerprint density at radius 1 is 1.50 bits per heavy atom. The number of thiophene rings is 1. The summed E-state index contributed by atoms with van der Waals surface area (Å²) in [6, 6.07) is 2.60. The van der Waals surface area contributed by atoms with Crippen LogP contribution >= 0.6 is 22.9 Å². The van der Waals surface area contributed by atoms with Crippen LogP contribution in [0, 0.1) is 5.41 Å². The van der Waals surface area contributed by atoms with Crippen molar-refractivity contribution in [3.8, 4) is 0 Å². The second-order valence-electron chi connectivity index (χ2n) is 5.69. The van der Waals surface area contributed by atoms with Crippen molar-refractivity contribution < 1.29 is 9.47 Å². The Kier molecular flexibility index (Phi) is 4.68. The standard InChI is InChI=1S/C15H22ClNO2S/c1-2-19-14-8-13(15(14)3-5-18-6-4-15)17-9-12-7-11(16)10-20-12/h7,10,13-14,17H,2-6,8-9H2,1H3. The number of rotatable bonds is 5. The van der Waals surface area contributed by atoms with Gasteiger partial charge in [0.05, 0.1) is 11.1 Å². The van der Waals surface area contributed by atoms with Crippen molar-refractivity contribution in [2.45, 2.75) is 44.9 Å². The van der Waals surface area contributed by atoms with E-state index in [0.717, 1.165) is 50.7 Å². The van der Waals surface area contributed by atoms with Gasteiger partial charge in [0, 0.05) is 48.1 Å². The van der Waals surface area contributed by atoms with E-state index in [1.54, 1.807) is 11.3 Å². The van der Waals surface area contributed by atoms with Crippen molar-refractivity contribution in [3.63, 3.8) is 0 Å². The van der Waals surface area contributed by atoms with E-state index >= 15 is 0 Å². The first-order valence-corrected chi connectivity index (χ1v) is 8.66. The van der Waals surface area contributed by atoms with E-state index in [2.05, 4.69) is 18.3 Å². The molecule has 1 aliphatic heterocycles. The van der Waals surface area contributed by atoms with Crippen LogP contribution in [-0.4, -0.2) is 32.0 Å². The molecule has 2 aliphatic rings. The van der Waals surface area contributed by atoms with Gasteiger partial charge < -0.3 is 14.8 Å². The summed E-state index contributed by atoms with van der Waals surface area (Å²) in [6.07, 6.45) is 3.74. The molecule has 2 atom stereocenters. The van der Waals surface area contributed by atoms with Gasteiger partial charge in [-0.2, -0.15) is 0 Å². The Labute approximate surface area is 129 Å². The fraction of sp³-hybridized carbons (Fsp3) is 0.733. The van der Waals surface area contributed by atoms with Gasteiger partial charge in [-0.3, -0.25) is 0 Å². The highest BCUT2D eigenvalue weighted by Gasteiger charge is 2.55. The monoisotopic (exact) mass is 315 g/mol. The Morgan fingerprint density at radius 3 is 2.95 bits per heavy atom. The lowest BCUT2D eigenvalue weighted by Crippen LogP contribution is -2.65. The van der Waals surface area contributed by atoms with Crippen molar-refractivity contribution >= 4 is 22.9 Å². The van der Waals surface area contributed by atoms with Crippen molar-refractivity contribution in [1.82, 2.24) is 5.32 Å². The van der Waals surface area contributed by atoms with Crippen LogP contribution in [0.4, 0.5) is 0 Å². The van der Waals surface area contributed by atoms with Gasteiger partial charge in [-0.15, -0.1) is 11.3 Å². The smallest absolute Gasteiger partial charge is 0.0662 e. The highest BCUT2D eigenvalue weighted by molar-refractivity contribution is 7.10. The molecule has 1 aliphatic carbocycles. The molecule has 0 bridgehead atoms. The minimum Gasteiger partial charge on any atom is -0.381 e. The lowest BCUT2D eigenvalue weighted by Gasteiger charge is -2.57. The van der Waals surface area contributed by atoms with Gasteiger partial charge in [0.2, 0.25) is 0 Å². The van der Waals surface area contributed by atoms with Crippen LogP contribution in [0.3, 0.4) is 0 Å². The molecule has 1 aromatic rings. The SMILES string of the molecule is CCOC1CC(NCc2cc(Cl)cs2)C12CCOCC2. The van der Waals surface area contributed by atoms with E-state index in [4.69, 9.17) is 21.1 Å². The summed E-state index contributed by atoms with van der Waals surface area (Å²) < 4.78 is 11.5. The number of nitrogens with one attached hydrogen (secondary N) is 1. The molecule has 2 unspecified atom stereocenters. The fourth-order valence-corrected chi connectivity index (χ4v) is 4.59. The van der Waals surface area contributed by atoms with Crippen LogP contribution in [0.1, 0.15) is 31.1 Å². The summed E-state index contributed by atoms with van der Waals surface area (Å²) in [5.41, 5.74) is 0.287. The van der Waals surface area contributed by atoms with Crippen LogP contribution < -0.4 is 5.32 Å². The van der Waals surface area contributed by atoms with E-state index in [1.807, 2.05) is 5.38 Å². The third kappa shape index (κ3) is 2.77. The predicted molar refractivity (Wildman–Crippen MR) is 82.5 cm³/mol. The minimum absolute atomic E-state index is 0.287. The first-order valence-electron chi connectivity index (χ1n) is 7.40. The van der Waals surface area contributed by atoms with E-state index in [-0.39, 0.29) is 5.41 Å². The van der Waals surface area contributed by atoms with Gasteiger partial charge in [-0.25, -0.2) is 0 Å². The highest BCUT2D eigenvalue weighted by Crippen LogP contribution is 2.50. The lowest BCUT2D eigenvalue weighted by atomic mass is 9.57. The largest absolute Gasteiger partial charge is 0.381 e. The molecule has 1 saturated heterocycles. The topological polar surface area (TPSA) is 30.5 Å². The molecular weight excluding hydrogens is 294 g/mol. The van der Waals surface area contributed by atoms with E-state index < -0.39 is 0 Å². The van der Waals surface area contributed by atoms with Gasteiger partial charge >= 0.3 is 0 Å². The predicted octanol–water partition coefficient (Wildman–Crippen LogP) is 3.47. The molecule has 5 heteroatoms.